The van der Waals surface area contributed by atoms with Crippen molar-refractivity contribution < 1.29 is 0 Å². The lowest BCUT2D eigenvalue weighted by molar-refractivity contribution is 0.730. The van der Waals surface area contributed by atoms with Crippen LogP contribution in [-0.4, -0.2) is 21.6 Å². The van der Waals surface area contributed by atoms with Gasteiger partial charge in [0.2, 0.25) is 0 Å². The largest absolute Gasteiger partial charge is 0.373 e. The minimum Gasteiger partial charge on any atom is -0.373 e. The zero-order valence-electron chi connectivity index (χ0n) is 11.4. The second kappa shape index (κ2) is 5.65. The van der Waals surface area contributed by atoms with Crippen LogP contribution < -0.4 is 10.9 Å². The third-order valence-corrected chi connectivity index (χ3v) is 3.78. The molecule has 0 atom stereocenters. The van der Waals surface area contributed by atoms with Crippen LogP contribution >= 0.6 is 15.9 Å². The molecule has 0 aliphatic heterocycles. The highest BCUT2D eigenvalue weighted by Crippen LogP contribution is 2.20. The third-order valence-electron chi connectivity index (χ3n) is 3.24. The Balaban J connectivity index is 2.11. The molecule has 106 valence electrons. The van der Waals surface area contributed by atoms with Gasteiger partial charge in [-0.15, -0.1) is 0 Å². The Morgan fingerprint density at radius 1 is 1.33 bits per heavy atom. The number of benzene rings is 1. The Bertz CT molecular complexity index is 860. The van der Waals surface area contributed by atoms with E-state index in [2.05, 4.69) is 31.2 Å². The Kier molecular flexibility index (Phi) is 3.70. The van der Waals surface area contributed by atoms with Gasteiger partial charge in [-0.3, -0.25) is 9.36 Å². The van der Waals surface area contributed by atoms with Crippen molar-refractivity contribution in [2.45, 2.75) is 6.54 Å². The summed E-state index contributed by atoms with van der Waals surface area (Å²) in [4.78, 5) is 20.7. The van der Waals surface area contributed by atoms with Gasteiger partial charge in [-0.05, 0) is 28.1 Å². The normalized spacial score (nSPS) is 10.8. The van der Waals surface area contributed by atoms with E-state index in [1.807, 2.05) is 37.4 Å². The van der Waals surface area contributed by atoms with Gasteiger partial charge >= 0.3 is 0 Å². The number of anilines is 1. The van der Waals surface area contributed by atoms with Gasteiger partial charge in [0.15, 0.2) is 0 Å². The smallest absolute Gasteiger partial charge is 0.267 e. The summed E-state index contributed by atoms with van der Waals surface area (Å²) in [5.41, 5.74) is 1.75. The zero-order valence-corrected chi connectivity index (χ0v) is 13.0. The van der Waals surface area contributed by atoms with E-state index in [1.165, 1.54) is 12.5 Å². The van der Waals surface area contributed by atoms with Gasteiger partial charge < -0.3 is 5.32 Å². The fraction of sp³-hybridized carbons (Fsp3) is 0.133. The molecule has 2 aromatic heterocycles. The average Bonchev–Trinajstić information content (AvgIpc) is 2.51. The molecule has 3 rings (SSSR count). The van der Waals surface area contributed by atoms with E-state index in [4.69, 9.17) is 0 Å². The molecule has 21 heavy (non-hydrogen) atoms. The molecule has 0 amide bonds. The Hall–Kier alpha value is -2.21. The van der Waals surface area contributed by atoms with Crippen molar-refractivity contribution >= 4 is 32.7 Å². The maximum Gasteiger partial charge on any atom is 0.267 e. The minimum atomic E-state index is -0.111. The highest BCUT2D eigenvalue weighted by molar-refractivity contribution is 9.10. The Labute approximate surface area is 129 Å². The fourth-order valence-electron chi connectivity index (χ4n) is 2.22. The summed E-state index contributed by atoms with van der Waals surface area (Å²) in [6, 6.07) is 9.94. The van der Waals surface area contributed by atoms with E-state index < -0.39 is 0 Å². The van der Waals surface area contributed by atoms with Crippen LogP contribution in [0.25, 0.3) is 10.9 Å². The van der Waals surface area contributed by atoms with Gasteiger partial charge in [0.25, 0.3) is 5.56 Å². The molecule has 5 nitrogen and oxygen atoms in total. The Morgan fingerprint density at radius 3 is 2.95 bits per heavy atom. The molecule has 0 fully saturated rings. The molecule has 1 N–H and O–H groups in total. The highest BCUT2D eigenvalue weighted by Gasteiger charge is 2.08. The molecule has 0 spiro atoms. The van der Waals surface area contributed by atoms with Crippen LogP contribution in [0.1, 0.15) is 5.56 Å². The van der Waals surface area contributed by atoms with Gasteiger partial charge in [0.1, 0.15) is 10.3 Å². The lowest BCUT2D eigenvalue weighted by Crippen LogP contribution is -2.21. The van der Waals surface area contributed by atoms with Crippen LogP contribution in [0.3, 0.4) is 0 Å². The molecular formula is C15H13BrN4O. The lowest BCUT2D eigenvalue weighted by atomic mass is 10.1. The summed E-state index contributed by atoms with van der Waals surface area (Å²) in [5.74, 6) is 0.764. The summed E-state index contributed by atoms with van der Waals surface area (Å²) in [6.45, 7) is 0.416. The standard InChI is InChI=1S/C15H13BrN4O/c1-17-14-11(6-10-4-2-3-5-13(10)19-14)8-20-9-18-7-12(16)15(20)21/h2-7,9H,8H2,1H3,(H,17,19). The molecule has 1 aromatic carbocycles. The second-order valence-electron chi connectivity index (χ2n) is 4.61. The van der Waals surface area contributed by atoms with Crippen molar-refractivity contribution in [1.82, 2.24) is 14.5 Å². The van der Waals surface area contributed by atoms with Crippen LogP contribution in [0.5, 0.6) is 0 Å². The summed E-state index contributed by atoms with van der Waals surface area (Å²) < 4.78 is 2.00. The van der Waals surface area contributed by atoms with Crippen molar-refractivity contribution in [3.8, 4) is 0 Å². The maximum atomic E-state index is 12.1. The SMILES string of the molecule is CNc1nc2ccccc2cc1Cn1cncc(Br)c1=O. The minimum absolute atomic E-state index is 0.111. The maximum absolute atomic E-state index is 12.1. The number of para-hydroxylation sites is 1. The molecule has 0 bridgehead atoms. The third kappa shape index (κ3) is 2.67. The van der Waals surface area contributed by atoms with Crippen molar-refractivity contribution in [3.63, 3.8) is 0 Å². The summed E-state index contributed by atoms with van der Waals surface area (Å²) in [7, 11) is 1.82. The van der Waals surface area contributed by atoms with E-state index >= 15 is 0 Å². The first kappa shape index (κ1) is 13.8. The molecule has 2 heterocycles. The van der Waals surface area contributed by atoms with E-state index in [0.717, 1.165) is 22.3 Å². The van der Waals surface area contributed by atoms with E-state index in [9.17, 15) is 4.79 Å². The number of aromatic nitrogens is 3. The van der Waals surface area contributed by atoms with Gasteiger partial charge in [-0.2, -0.15) is 0 Å². The predicted octanol–water partition coefficient (Wildman–Crippen LogP) is 2.64. The molecular weight excluding hydrogens is 332 g/mol. The van der Waals surface area contributed by atoms with Crippen LogP contribution in [0.15, 0.2) is 52.1 Å². The van der Waals surface area contributed by atoms with Crippen molar-refractivity contribution in [1.29, 1.82) is 0 Å². The van der Waals surface area contributed by atoms with E-state index in [1.54, 1.807) is 4.57 Å². The van der Waals surface area contributed by atoms with Gasteiger partial charge in [-0.1, -0.05) is 18.2 Å². The topological polar surface area (TPSA) is 59.8 Å². The number of nitrogens with zero attached hydrogens (tertiary/aromatic N) is 3. The Morgan fingerprint density at radius 2 is 2.14 bits per heavy atom. The van der Waals surface area contributed by atoms with Crippen molar-refractivity contribution in [2.75, 3.05) is 12.4 Å². The van der Waals surface area contributed by atoms with Crippen LogP contribution in [0.2, 0.25) is 0 Å². The second-order valence-corrected chi connectivity index (χ2v) is 5.47. The quantitative estimate of drug-likeness (QED) is 0.793. The highest BCUT2D eigenvalue weighted by atomic mass is 79.9. The number of pyridine rings is 1. The molecule has 0 unspecified atom stereocenters. The van der Waals surface area contributed by atoms with E-state index in [-0.39, 0.29) is 5.56 Å². The van der Waals surface area contributed by atoms with Crippen molar-refractivity contribution in [2.24, 2.45) is 0 Å². The predicted molar refractivity (Wildman–Crippen MR) is 86.6 cm³/mol. The average molecular weight is 345 g/mol. The summed E-state index contributed by atoms with van der Waals surface area (Å²) >= 11 is 3.21. The first-order valence-electron chi connectivity index (χ1n) is 6.45. The summed E-state index contributed by atoms with van der Waals surface area (Å²) in [6.07, 6.45) is 3.03. The first-order valence-corrected chi connectivity index (χ1v) is 7.24. The van der Waals surface area contributed by atoms with Gasteiger partial charge in [0, 0.05) is 24.2 Å². The molecule has 0 saturated carbocycles. The van der Waals surface area contributed by atoms with Crippen molar-refractivity contribution in [3.05, 3.63) is 63.2 Å². The molecule has 0 aliphatic rings. The van der Waals surface area contributed by atoms with Crippen LogP contribution in [-0.2, 0) is 6.54 Å². The number of hydrogen-bond donors (Lipinski definition) is 1. The molecule has 3 aromatic rings. The molecule has 6 heteroatoms. The monoisotopic (exact) mass is 344 g/mol. The first-order chi connectivity index (χ1) is 10.2. The number of fused-ring (bicyclic) bond motifs is 1. The number of hydrogen-bond acceptors (Lipinski definition) is 4. The fourth-order valence-corrected chi connectivity index (χ4v) is 2.56. The van der Waals surface area contributed by atoms with Crippen LogP contribution in [0, 0.1) is 0 Å². The lowest BCUT2D eigenvalue weighted by Gasteiger charge is -2.11. The van der Waals surface area contributed by atoms with Gasteiger partial charge in [-0.25, -0.2) is 9.97 Å². The van der Waals surface area contributed by atoms with Gasteiger partial charge in [0.05, 0.1) is 18.4 Å². The number of nitrogens with one attached hydrogen (secondary N) is 1. The number of rotatable bonds is 3. The number of halogens is 1. The molecule has 0 saturated heterocycles. The summed E-state index contributed by atoms with van der Waals surface area (Å²) in [5, 5.41) is 4.13. The molecule has 0 aliphatic carbocycles. The zero-order chi connectivity index (χ0) is 14.8. The van der Waals surface area contributed by atoms with E-state index in [0.29, 0.717) is 11.0 Å². The van der Waals surface area contributed by atoms with Crippen LogP contribution in [0.4, 0.5) is 5.82 Å². The molecule has 0 radical (unpaired) electrons.